The monoisotopic (exact) mass is 367 g/mol. The Hall–Kier alpha value is -2.84. The van der Waals surface area contributed by atoms with E-state index < -0.39 is 0 Å². The maximum Gasteiger partial charge on any atom is 0.251 e. The average Bonchev–Trinajstić information content (AvgIpc) is 2.66. The summed E-state index contributed by atoms with van der Waals surface area (Å²) in [6, 6.07) is 14.8. The lowest BCUT2D eigenvalue weighted by atomic mass is 9.96. The molecule has 1 heterocycles. The highest BCUT2D eigenvalue weighted by Gasteiger charge is 2.21. The van der Waals surface area contributed by atoms with Gasteiger partial charge in [0.2, 0.25) is 5.91 Å². The number of carbonyl (C=O) groups is 2. The van der Waals surface area contributed by atoms with Crippen LogP contribution in [-0.4, -0.2) is 23.3 Å². The molecule has 3 rings (SSSR count). The quantitative estimate of drug-likeness (QED) is 0.902. The van der Waals surface area contributed by atoms with Crippen molar-refractivity contribution in [3.63, 3.8) is 0 Å². The lowest BCUT2D eigenvalue weighted by Gasteiger charge is -2.28. The molecule has 1 N–H and O–H groups in total. The Labute approximate surface area is 157 Å². The van der Waals surface area contributed by atoms with E-state index in [1.165, 1.54) is 0 Å². The van der Waals surface area contributed by atoms with Crippen LogP contribution >= 0.6 is 11.6 Å². The number of nitrogens with zero attached hydrogens (tertiary/aromatic N) is 2. The van der Waals surface area contributed by atoms with Gasteiger partial charge in [-0.3, -0.25) is 9.59 Å². The molecule has 5 nitrogen and oxygen atoms in total. The smallest absolute Gasteiger partial charge is 0.251 e. The van der Waals surface area contributed by atoms with Crippen molar-refractivity contribution >= 4 is 23.4 Å². The summed E-state index contributed by atoms with van der Waals surface area (Å²) < 4.78 is 0. The molecular weight excluding hydrogens is 350 g/mol. The van der Waals surface area contributed by atoms with Gasteiger partial charge in [-0.1, -0.05) is 29.8 Å². The summed E-state index contributed by atoms with van der Waals surface area (Å²) in [7, 11) is 0. The predicted molar refractivity (Wildman–Crippen MR) is 98.4 cm³/mol. The topological polar surface area (TPSA) is 73.2 Å². The molecule has 0 radical (unpaired) electrons. The first kappa shape index (κ1) is 18.0. The van der Waals surface area contributed by atoms with Crippen LogP contribution in [0.2, 0.25) is 5.02 Å². The average molecular weight is 368 g/mol. The van der Waals surface area contributed by atoms with Gasteiger partial charge in [0, 0.05) is 30.2 Å². The van der Waals surface area contributed by atoms with Crippen LogP contribution in [0.15, 0.2) is 42.5 Å². The molecule has 2 amide bonds. The van der Waals surface area contributed by atoms with E-state index in [0.717, 1.165) is 16.7 Å². The van der Waals surface area contributed by atoms with E-state index >= 15 is 0 Å². The number of nitriles is 1. The van der Waals surface area contributed by atoms with Gasteiger partial charge in [0.15, 0.2) is 0 Å². The molecule has 0 atom stereocenters. The third-order valence-electron chi connectivity index (χ3n) is 4.43. The van der Waals surface area contributed by atoms with Crippen molar-refractivity contribution in [2.45, 2.75) is 25.9 Å². The highest BCUT2D eigenvalue weighted by atomic mass is 35.5. The molecule has 0 aromatic heterocycles. The Kier molecular flexibility index (Phi) is 5.55. The van der Waals surface area contributed by atoms with Gasteiger partial charge in [-0.25, -0.2) is 0 Å². The van der Waals surface area contributed by atoms with Crippen molar-refractivity contribution < 1.29 is 9.59 Å². The highest BCUT2D eigenvalue weighted by molar-refractivity contribution is 6.30. The summed E-state index contributed by atoms with van der Waals surface area (Å²) in [5, 5.41) is 12.2. The van der Waals surface area contributed by atoms with E-state index in [-0.39, 0.29) is 18.2 Å². The third-order valence-corrected chi connectivity index (χ3v) is 4.68. The van der Waals surface area contributed by atoms with Gasteiger partial charge in [-0.2, -0.15) is 5.26 Å². The number of fused-ring (bicyclic) bond motifs is 1. The molecule has 0 spiro atoms. The second-order valence-electron chi connectivity index (χ2n) is 6.19. The Morgan fingerprint density at radius 2 is 1.92 bits per heavy atom. The molecule has 132 valence electrons. The largest absolute Gasteiger partial charge is 0.348 e. The van der Waals surface area contributed by atoms with Gasteiger partial charge in [0.1, 0.15) is 6.42 Å². The number of amides is 2. The Bertz CT molecular complexity index is 872. The Balaban J connectivity index is 1.64. The summed E-state index contributed by atoms with van der Waals surface area (Å²) in [6.45, 7) is 1.50. The van der Waals surface area contributed by atoms with Crippen LogP contribution in [-0.2, 0) is 24.3 Å². The van der Waals surface area contributed by atoms with E-state index in [4.69, 9.17) is 16.9 Å². The van der Waals surface area contributed by atoms with Crippen LogP contribution in [0, 0.1) is 11.3 Å². The zero-order valence-electron chi connectivity index (χ0n) is 14.2. The summed E-state index contributed by atoms with van der Waals surface area (Å²) in [4.78, 5) is 25.9. The molecule has 0 fully saturated rings. The normalized spacial score (nSPS) is 12.8. The molecule has 1 aliphatic rings. The molecule has 2 aromatic rings. The third kappa shape index (κ3) is 4.22. The van der Waals surface area contributed by atoms with Crippen molar-refractivity contribution in [1.29, 1.82) is 5.26 Å². The fraction of sp³-hybridized carbons (Fsp3) is 0.250. The lowest BCUT2D eigenvalue weighted by molar-refractivity contribution is -0.131. The maximum atomic E-state index is 12.4. The van der Waals surface area contributed by atoms with Gasteiger partial charge in [-0.05, 0) is 47.4 Å². The fourth-order valence-electron chi connectivity index (χ4n) is 2.97. The molecule has 6 heteroatoms. The number of benzene rings is 2. The molecule has 26 heavy (non-hydrogen) atoms. The molecule has 0 saturated carbocycles. The van der Waals surface area contributed by atoms with Crippen LogP contribution in [0.25, 0.3) is 0 Å². The first-order valence-electron chi connectivity index (χ1n) is 8.36. The first-order chi connectivity index (χ1) is 12.6. The minimum Gasteiger partial charge on any atom is -0.348 e. The molecule has 0 aliphatic carbocycles. The molecule has 0 bridgehead atoms. The zero-order valence-corrected chi connectivity index (χ0v) is 14.9. The van der Waals surface area contributed by atoms with Gasteiger partial charge in [0.05, 0.1) is 6.07 Å². The van der Waals surface area contributed by atoms with Crippen LogP contribution in [0.1, 0.15) is 33.5 Å². The number of hydrogen-bond acceptors (Lipinski definition) is 3. The van der Waals surface area contributed by atoms with Crippen LogP contribution < -0.4 is 5.32 Å². The molecule has 0 unspecified atom stereocenters. The van der Waals surface area contributed by atoms with Crippen molar-refractivity contribution in [3.05, 3.63) is 69.7 Å². The van der Waals surface area contributed by atoms with Crippen molar-refractivity contribution in [1.82, 2.24) is 10.2 Å². The van der Waals surface area contributed by atoms with E-state index in [1.807, 2.05) is 30.3 Å². The Morgan fingerprint density at radius 1 is 1.15 bits per heavy atom. The molecule has 1 aliphatic heterocycles. The second kappa shape index (κ2) is 8.03. The summed E-state index contributed by atoms with van der Waals surface area (Å²) >= 11 is 5.86. The standard InChI is InChI=1S/C20H18ClN3O2/c21-18-5-1-14(2-6-18)12-23-20(26)16-3-4-17-13-24(19(25)7-9-22)10-8-15(17)11-16/h1-6,11H,7-8,10,12-13H2,(H,23,26). The van der Waals surface area contributed by atoms with E-state index in [9.17, 15) is 9.59 Å². The SMILES string of the molecule is N#CCC(=O)N1CCc2cc(C(=O)NCc3ccc(Cl)cc3)ccc2C1. The van der Waals surface area contributed by atoms with Crippen molar-refractivity contribution in [3.8, 4) is 6.07 Å². The Morgan fingerprint density at radius 3 is 2.65 bits per heavy atom. The predicted octanol–water partition coefficient (Wildman–Crippen LogP) is 3.07. The molecule has 0 saturated heterocycles. The van der Waals surface area contributed by atoms with E-state index in [0.29, 0.717) is 36.6 Å². The van der Waals surface area contributed by atoms with Crippen molar-refractivity contribution in [2.75, 3.05) is 6.54 Å². The minimum atomic E-state index is -0.150. The number of hydrogen-bond donors (Lipinski definition) is 1. The number of nitrogens with one attached hydrogen (secondary N) is 1. The van der Waals surface area contributed by atoms with Gasteiger partial charge >= 0.3 is 0 Å². The van der Waals surface area contributed by atoms with Gasteiger partial charge in [-0.15, -0.1) is 0 Å². The van der Waals surface area contributed by atoms with Crippen LogP contribution in [0.5, 0.6) is 0 Å². The van der Waals surface area contributed by atoms with Gasteiger partial charge in [0.25, 0.3) is 5.91 Å². The highest BCUT2D eigenvalue weighted by Crippen LogP contribution is 2.21. The second-order valence-corrected chi connectivity index (χ2v) is 6.63. The number of rotatable bonds is 4. The van der Waals surface area contributed by atoms with Gasteiger partial charge < -0.3 is 10.2 Å². The first-order valence-corrected chi connectivity index (χ1v) is 8.74. The minimum absolute atomic E-state index is 0.0967. The molecule has 2 aromatic carbocycles. The maximum absolute atomic E-state index is 12.4. The number of halogens is 1. The summed E-state index contributed by atoms with van der Waals surface area (Å²) in [5.41, 5.74) is 3.68. The van der Waals surface area contributed by atoms with Crippen LogP contribution in [0.4, 0.5) is 0 Å². The molecular formula is C20H18ClN3O2. The van der Waals surface area contributed by atoms with Crippen LogP contribution in [0.3, 0.4) is 0 Å². The van der Waals surface area contributed by atoms with E-state index in [2.05, 4.69) is 5.32 Å². The summed E-state index contributed by atoms with van der Waals surface area (Å²) in [5.74, 6) is -0.284. The van der Waals surface area contributed by atoms with E-state index in [1.54, 1.807) is 23.1 Å². The zero-order chi connectivity index (χ0) is 18.5. The fourth-order valence-corrected chi connectivity index (χ4v) is 3.10. The summed E-state index contributed by atoms with van der Waals surface area (Å²) in [6.07, 6.45) is 0.589. The van der Waals surface area contributed by atoms with Crippen molar-refractivity contribution in [2.24, 2.45) is 0 Å². The number of carbonyl (C=O) groups excluding carboxylic acids is 2. The lowest BCUT2D eigenvalue weighted by Crippen LogP contribution is -2.35.